The second-order valence-electron chi connectivity index (χ2n) is 6.40. The van der Waals surface area contributed by atoms with E-state index in [1.54, 1.807) is 0 Å². The van der Waals surface area contributed by atoms with Crippen molar-refractivity contribution in [3.05, 3.63) is 60.9 Å². The summed E-state index contributed by atoms with van der Waals surface area (Å²) < 4.78 is 10.6. The van der Waals surface area contributed by atoms with Crippen molar-refractivity contribution in [2.75, 3.05) is 13.2 Å². The number of hydrazine groups is 1. The van der Waals surface area contributed by atoms with Crippen molar-refractivity contribution in [2.24, 2.45) is 0 Å². The Morgan fingerprint density at radius 3 is 2.41 bits per heavy atom. The average Bonchev–Trinajstić information content (AvgIpc) is 3.02. The van der Waals surface area contributed by atoms with Crippen molar-refractivity contribution in [3.63, 3.8) is 0 Å². The van der Waals surface area contributed by atoms with E-state index in [1.807, 2.05) is 0 Å². The van der Waals surface area contributed by atoms with Gasteiger partial charge in [-0.3, -0.25) is 15.0 Å². The summed E-state index contributed by atoms with van der Waals surface area (Å²) >= 11 is 29.9. The van der Waals surface area contributed by atoms with E-state index in [0.29, 0.717) is 10.6 Å². The van der Waals surface area contributed by atoms with Crippen LogP contribution in [0.5, 0.6) is 11.5 Å². The third kappa shape index (κ3) is 6.68. The van der Waals surface area contributed by atoms with Crippen molar-refractivity contribution in [1.82, 2.24) is 10.4 Å². The molecule has 1 aliphatic heterocycles. The molecular weight excluding hydrogens is 570 g/mol. The molecule has 0 radical (unpaired) electrons. The summed E-state index contributed by atoms with van der Waals surface area (Å²) in [6.07, 6.45) is 1.43. The molecule has 8 nitrogen and oxygen atoms in total. The number of nitrogens with zero attached hydrogens (tertiary/aromatic N) is 1. The number of thioether (sulfide) groups is 1. The Morgan fingerprint density at radius 2 is 1.71 bits per heavy atom. The summed E-state index contributed by atoms with van der Waals surface area (Å²) in [5.41, 5.74) is 2.72. The van der Waals surface area contributed by atoms with Gasteiger partial charge in [-0.25, -0.2) is 4.79 Å². The number of aliphatic carboxylic acids is 1. The Bertz CT molecular complexity index is 1220. The summed E-state index contributed by atoms with van der Waals surface area (Å²) in [5, 5.41) is 10.6. The number of carboxylic acids is 1. The Morgan fingerprint density at radius 1 is 1.03 bits per heavy atom. The van der Waals surface area contributed by atoms with Gasteiger partial charge in [0.25, 0.3) is 11.8 Å². The van der Waals surface area contributed by atoms with Crippen LogP contribution in [-0.2, 0) is 14.4 Å². The predicted molar refractivity (Wildman–Crippen MR) is 135 cm³/mol. The minimum absolute atomic E-state index is 0.0622. The van der Waals surface area contributed by atoms with E-state index >= 15 is 0 Å². The molecule has 0 saturated carbocycles. The molecule has 1 saturated heterocycles. The fourth-order valence-electron chi connectivity index (χ4n) is 2.52. The molecule has 0 spiro atoms. The molecule has 1 fully saturated rings. The molecule has 178 valence electrons. The normalized spacial score (nSPS) is 14.5. The van der Waals surface area contributed by atoms with Crippen molar-refractivity contribution < 1.29 is 29.0 Å². The van der Waals surface area contributed by atoms with E-state index in [1.165, 1.54) is 36.4 Å². The molecule has 0 atom stereocenters. The topological polar surface area (TPSA) is 105 Å². The van der Waals surface area contributed by atoms with E-state index in [-0.39, 0.29) is 35.8 Å². The number of rotatable bonds is 8. The maximum Gasteiger partial charge on any atom is 0.341 e. The zero-order valence-corrected chi connectivity index (χ0v) is 21.3. The van der Waals surface area contributed by atoms with E-state index in [9.17, 15) is 14.4 Å². The second kappa shape index (κ2) is 11.5. The lowest BCUT2D eigenvalue weighted by atomic mass is 10.2. The number of halogens is 4. The van der Waals surface area contributed by atoms with Crippen LogP contribution in [0.1, 0.15) is 5.56 Å². The quantitative estimate of drug-likeness (QED) is 0.253. The maximum atomic E-state index is 12.8. The molecule has 2 N–H and O–H groups in total. The molecule has 34 heavy (non-hydrogen) atoms. The van der Waals surface area contributed by atoms with Crippen LogP contribution >= 0.6 is 70.4 Å². The first-order valence-electron chi connectivity index (χ1n) is 9.04. The third-order valence-corrected chi connectivity index (χ3v) is 6.53. The van der Waals surface area contributed by atoms with Crippen LogP contribution in [-0.4, -0.2) is 45.4 Å². The zero-order chi connectivity index (χ0) is 25.0. The predicted octanol–water partition coefficient (Wildman–Crippen LogP) is 5.08. The van der Waals surface area contributed by atoms with E-state index in [2.05, 4.69) is 5.43 Å². The largest absolute Gasteiger partial charge is 0.482 e. The smallest absolute Gasteiger partial charge is 0.341 e. The summed E-state index contributed by atoms with van der Waals surface area (Å²) in [6.45, 7) is -1.07. The molecule has 3 rings (SSSR count). The van der Waals surface area contributed by atoms with Crippen LogP contribution in [0.4, 0.5) is 0 Å². The number of carboxylic acid groups (broad SMARTS) is 1. The van der Waals surface area contributed by atoms with E-state index in [4.69, 9.17) is 73.2 Å². The van der Waals surface area contributed by atoms with Gasteiger partial charge in [0.05, 0.1) is 20.0 Å². The number of hydrogen-bond donors (Lipinski definition) is 2. The summed E-state index contributed by atoms with van der Waals surface area (Å²) in [5.74, 6) is -2.13. The van der Waals surface area contributed by atoms with Gasteiger partial charge in [-0.2, -0.15) is 5.01 Å². The minimum Gasteiger partial charge on any atom is -0.482 e. The van der Waals surface area contributed by atoms with Gasteiger partial charge in [0.2, 0.25) is 0 Å². The fourth-order valence-corrected chi connectivity index (χ4v) is 4.47. The van der Waals surface area contributed by atoms with Crippen LogP contribution in [0.15, 0.2) is 35.2 Å². The molecule has 2 aromatic carbocycles. The Hall–Kier alpha value is -2.21. The van der Waals surface area contributed by atoms with Gasteiger partial charge in [0, 0.05) is 16.7 Å². The van der Waals surface area contributed by atoms with E-state index in [0.717, 1.165) is 16.8 Å². The summed E-state index contributed by atoms with van der Waals surface area (Å²) in [7, 11) is 0. The van der Waals surface area contributed by atoms with Crippen LogP contribution in [0.2, 0.25) is 20.1 Å². The summed E-state index contributed by atoms with van der Waals surface area (Å²) in [6, 6.07) is 7.22. The first-order valence-corrected chi connectivity index (χ1v) is 11.8. The van der Waals surface area contributed by atoms with Gasteiger partial charge < -0.3 is 14.6 Å². The maximum absolute atomic E-state index is 12.8. The van der Waals surface area contributed by atoms with Gasteiger partial charge in [-0.15, -0.1) is 0 Å². The van der Waals surface area contributed by atoms with Crippen LogP contribution in [0, 0.1) is 0 Å². The molecule has 0 unspecified atom stereocenters. The molecule has 1 heterocycles. The molecule has 14 heteroatoms. The zero-order valence-electron chi connectivity index (χ0n) is 16.6. The molecular formula is C20H12Cl4N2O6S2. The summed E-state index contributed by atoms with van der Waals surface area (Å²) in [4.78, 5) is 36.1. The number of carbonyl (C=O) groups is 3. The number of amides is 2. The van der Waals surface area contributed by atoms with Gasteiger partial charge in [-0.1, -0.05) is 58.2 Å². The van der Waals surface area contributed by atoms with Gasteiger partial charge in [0.1, 0.15) is 11.5 Å². The van der Waals surface area contributed by atoms with Crippen molar-refractivity contribution >= 4 is 98.6 Å². The standard InChI is InChI=1S/C20H12Cl4N2O6S2/c21-10-1-2-14(32-8-18(28)29)9(3-10)4-16-19(30)26(20(33)34-16)25-17(27)7-31-15-6-12(23)11(22)5-13(15)24/h1-6H,7-8H2,(H,25,27)(H,28,29). The number of thiocarbonyl (C=S) groups is 1. The SMILES string of the molecule is O=C(O)COc1ccc(Cl)cc1C=C1SC(=S)N(NC(=O)COc2cc(Cl)c(Cl)cc2Cl)C1=O. The highest BCUT2D eigenvalue weighted by molar-refractivity contribution is 8.26. The number of nitrogens with one attached hydrogen (secondary N) is 1. The van der Waals surface area contributed by atoms with Crippen molar-refractivity contribution in [3.8, 4) is 11.5 Å². The van der Waals surface area contributed by atoms with Crippen LogP contribution < -0.4 is 14.9 Å². The Balaban J connectivity index is 1.70. The Labute approximate surface area is 222 Å². The first kappa shape index (κ1) is 26.4. The van der Waals surface area contributed by atoms with E-state index < -0.39 is 31.0 Å². The molecule has 2 aromatic rings. The van der Waals surface area contributed by atoms with Gasteiger partial charge in [0.15, 0.2) is 17.5 Å². The van der Waals surface area contributed by atoms with Crippen molar-refractivity contribution in [1.29, 1.82) is 0 Å². The lowest BCUT2D eigenvalue weighted by molar-refractivity contribution is -0.139. The molecule has 0 bridgehead atoms. The molecule has 2 amide bonds. The first-order chi connectivity index (χ1) is 16.0. The lowest BCUT2D eigenvalue weighted by Crippen LogP contribution is -2.46. The van der Waals surface area contributed by atoms with Crippen LogP contribution in [0.25, 0.3) is 6.08 Å². The number of carbonyl (C=O) groups excluding carboxylic acids is 2. The van der Waals surface area contributed by atoms with Crippen LogP contribution in [0.3, 0.4) is 0 Å². The Kier molecular flexibility index (Phi) is 8.91. The average molecular weight is 582 g/mol. The number of ether oxygens (including phenoxy) is 2. The number of hydrogen-bond acceptors (Lipinski definition) is 7. The molecule has 1 aliphatic rings. The minimum atomic E-state index is -1.17. The highest BCUT2D eigenvalue weighted by atomic mass is 35.5. The van der Waals surface area contributed by atoms with Crippen molar-refractivity contribution in [2.45, 2.75) is 0 Å². The highest BCUT2D eigenvalue weighted by Crippen LogP contribution is 2.35. The van der Waals surface area contributed by atoms with Gasteiger partial charge in [-0.05, 0) is 42.6 Å². The second-order valence-corrected chi connectivity index (χ2v) is 9.74. The number of benzene rings is 2. The third-order valence-electron chi connectivity index (χ3n) is 3.97. The monoisotopic (exact) mass is 580 g/mol. The highest BCUT2D eigenvalue weighted by Gasteiger charge is 2.34. The lowest BCUT2D eigenvalue weighted by Gasteiger charge is -2.16. The fraction of sp³-hybridized carbons (Fsp3) is 0.100. The molecule has 0 aromatic heterocycles. The molecule has 0 aliphatic carbocycles. The van der Waals surface area contributed by atoms with Gasteiger partial charge >= 0.3 is 5.97 Å².